The summed E-state index contributed by atoms with van der Waals surface area (Å²) in [5.74, 6) is 1.88. The van der Waals surface area contributed by atoms with Gasteiger partial charge in [-0.15, -0.1) is 0 Å². The van der Waals surface area contributed by atoms with Crippen LogP contribution in [0.15, 0.2) is 16.1 Å². The minimum absolute atomic E-state index is 0.619. The van der Waals surface area contributed by atoms with Gasteiger partial charge < -0.3 is 0 Å². The third-order valence-electron chi connectivity index (χ3n) is 4.14. The molecule has 0 radical (unpaired) electrons. The van der Waals surface area contributed by atoms with Crippen molar-refractivity contribution >= 4 is 6.72 Å². The lowest BCUT2D eigenvalue weighted by atomic mass is 9.62. The molecule has 4 bridgehead atoms. The molecule has 1 spiro atoms. The predicted molar refractivity (Wildman–Crippen MR) is 39.0 cm³/mol. The summed E-state index contributed by atoms with van der Waals surface area (Å²) in [6.45, 7) is 3.65. The monoisotopic (exact) mass is 131 g/mol. The number of rotatable bonds is 1. The normalized spacial score (nSPS) is 64.6. The van der Waals surface area contributed by atoms with Crippen LogP contribution in [0.2, 0.25) is 0 Å². The summed E-state index contributed by atoms with van der Waals surface area (Å²) in [5, 5.41) is 0. The van der Waals surface area contributed by atoms with Gasteiger partial charge in [0.25, 0.3) is 0 Å². The van der Waals surface area contributed by atoms with E-state index in [1.165, 1.54) is 12.8 Å². The molecule has 6 rings (SSSR count). The Morgan fingerprint density at radius 2 is 2.40 bits per heavy atom. The Kier molecular flexibility index (Phi) is 0.364. The molecule has 1 heteroatoms. The minimum atomic E-state index is 0.619. The minimum Gasteiger partial charge on any atom is -0.297 e. The Balaban J connectivity index is 1.87. The third-order valence-corrected chi connectivity index (χ3v) is 4.14. The van der Waals surface area contributed by atoms with Crippen LogP contribution < -0.4 is 0 Å². The molecule has 50 valence electrons. The van der Waals surface area contributed by atoms with E-state index in [9.17, 15) is 0 Å². The van der Waals surface area contributed by atoms with Crippen molar-refractivity contribution in [2.24, 2.45) is 22.2 Å². The smallest absolute Gasteiger partial charge is 0.0564 e. The maximum atomic E-state index is 4.17. The first kappa shape index (κ1) is 4.32. The Morgan fingerprint density at radius 3 is 2.80 bits per heavy atom. The van der Waals surface area contributed by atoms with Crippen LogP contribution in [-0.4, -0.2) is 12.8 Å². The molecule has 0 aliphatic heterocycles. The van der Waals surface area contributed by atoms with Gasteiger partial charge in [0, 0.05) is 11.3 Å². The average Bonchev–Trinajstić information content (AvgIpc) is 2.75. The highest BCUT2D eigenvalue weighted by Crippen LogP contribution is 2.94. The number of hydrogen-bond donors (Lipinski definition) is 0. The standard InChI is InChI=1S/C9H9N/c1-10-6-2-5-8-7-4(6)3-9(5,7)8/h4-6H,1-3H2. The molecular weight excluding hydrogens is 122 g/mol. The van der Waals surface area contributed by atoms with Crippen molar-refractivity contribution in [3.8, 4) is 0 Å². The molecule has 0 amide bonds. The molecule has 0 N–H and O–H groups in total. The molecule has 0 aromatic heterocycles. The third kappa shape index (κ3) is 0.186. The van der Waals surface area contributed by atoms with Crippen LogP contribution in [0, 0.1) is 17.3 Å². The van der Waals surface area contributed by atoms with Gasteiger partial charge in [0.1, 0.15) is 0 Å². The van der Waals surface area contributed by atoms with Crippen LogP contribution in [-0.2, 0) is 0 Å². The Morgan fingerprint density at radius 1 is 1.50 bits per heavy atom. The first-order valence-corrected chi connectivity index (χ1v) is 4.10. The van der Waals surface area contributed by atoms with E-state index in [1.807, 2.05) is 11.1 Å². The van der Waals surface area contributed by atoms with Gasteiger partial charge in [-0.1, -0.05) is 11.1 Å². The van der Waals surface area contributed by atoms with Gasteiger partial charge in [0.15, 0.2) is 0 Å². The quantitative estimate of drug-likeness (QED) is 0.377. The second kappa shape index (κ2) is 0.843. The van der Waals surface area contributed by atoms with Crippen molar-refractivity contribution in [2.45, 2.75) is 18.9 Å². The van der Waals surface area contributed by atoms with Gasteiger partial charge in [0.2, 0.25) is 0 Å². The molecule has 0 heterocycles. The molecule has 4 unspecified atom stereocenters. The first-order valence-electron chi connectivity index (χ1n) is 4.10. The zero-order chi connectivity index (χ0) is 6.51. The second-order valence-electron chi connectivity index (χ2n) is 4.15. The SMILES string of the molecule is C=NC1CC2C3=C4C1CC432. The van der Waals surface area contributed by atoms with Crippen LogP contribution in [0.4, 0.5) is 0 Å². The summed E-state index contributed by atoms with van der Waals surface area (Å²) in [6.07, 6.45) is 2.79. The summed E-state index contributed by atoms with van der Waals surface area (Å²) in [6, 6.07) is 0.619. The molecular formula is C9H9N. The number of nitrogens with zero attached hydrogens (tertiary/aromatic N) is 1. The van der Waals surface area contributed by atoms with E-state index >= 15 is 0 Å². The summed E-state index contributed by atoms with van der Waals surface area (Å²) in [7, 11) is 0. The number of allylic oxidation sites excluding steroid dienone is 1. The average molecular weight is 131 g/mol. The van der Waals surface area contributed by atoms with E-state index in [0.29, 0.717) is 6.04 Å². The Labute approximate surface area is 59.8 Å². The lowest BCUT2D eigenvalue weighted by Gasteiger charge is -2.43. The van der Waals surface area contributed by atoms with Gasteiger partial charge in [-0.3, -0.25) is 4.99 Å². The zero-order valence-corrected chi connectivity index (χ0v) is 5.80. The molecule has 6 aliphatic carbocycles. The van der Waals surface area contributed by atoms with E-state index < -0.39 is 0 Å². The molecule has 4 saturated carbocycles. The van der Waals surface area contributed by atoms with Crippen LogP contribution >= 0.6 is 0 Å². The summed E-state index contributed by atoms with van der Waals surface area (Å²) >= 11 is 0. The fraction of sp³-hybridized carbons (Fsp3) is 0.667. The lowest BCUT2D eigenvalue weighted by Crippen LogP contribution is -2.40. The number of aliphatic imine (C=N–C) groups is 1. The van der Waals surface area contributed by atoms with Crippen molar-refractivity contribution in [2.75, 3.05) is 0 Å². The summed E-state index contributed by atoms with van der Waals surface area (Å²) in [4.78, 5) is 4.17. The molecule has 0 aromatic carbocycles. The van der Waals surface area contributed by atoms with Crippen molar-refractivity contribution in [3.63, 3.8) is 0 Å². The van der Waals surface area contributed by atoms with Crippen LogP contribution in [0.1, 0.15) is 12.8 Å². The zero-order valence-electron chi connectivity index (χ0n) is 5.80. The Bertz CT molecular complexity index is 302. The predicted octanol–water partition coefficient (Wildman–Crippen LogP) is 1.41. The van der Waals surface area contributed by atoms with Crippen molar-refractivity contribution in [3.05, 3.63) is 11.1 Å². The highest BCUT2D eigenvalue weighted by molar-refractivity contribution is 5.77. The molecule has 0 saturated heterocycles. The maximum absolute atomic E-state index is 4.17. The fourth-order valence-corrected chi connectivity index (χ4v) is 3.59. The molecule has 10 heavy (non-hydrogen) atoms. The Hall–Kier alpha value is -0.590. The van der Waals surface area contributed by atoms with E-state index in [-0.39, 0.29) is 0 Å². The van der Waals surface area contributed by atoms with E-state index in [2.05, 4.69) is 11.7 Å². The second-order valence-corrected chi connectivity index (χ2v) is 4.15. The summed E-state index contributed by atoms with van der Waals surface area (Å²) < 4.78 is 0. The fourth-order valence-electron chi connectivity index (χ4n) is 3.59. The molecule has 4 atom stereocenters. The molecule has 1 nitrogen and oxygen atoms in total. The topological polar surface area (TPSA) is 12.4 Å². The van der Waals surface area contributed by atoms with Gasteiger partial charge in [-0.2, -0.15) is 0 Å². The van der Waals surface area contributed by atoms with Crippen molar-refractivity contribution in [1.29, 1.82) is 0 Å². The number of hydrogen-bond acceptors (Lipinski definition) is 1. The van der Waals surface area contributed by atoms with E-state index in [4.69, 9.17) is 0 Å². The van der Waals surface area contributed by atoms with Crippen molar-refractivity contribution in [1.82, 2.24) is 0 Å². The first-order chi connectivity index (χ1) is 4.89. The van der Waals surface area contributed by atoms with Gasteiger partial charge in [-0.05, 0) is 25.5 Å². The highest BCUT2D eigenvalue weighted by Gasteiger charge is 2.86. The molecule has 4 fully saturated rings. The van der Waals surface area contributed by atoms with Crippen LogP contribution in [0.5, 0.6) is 0 Å². The maximum Gasteiger partial charge on any atom is 0.0564 e. The van der Waals surface area contributed by atoms with Crippen LogP contribution in [0.25, 0.3) is 0 Å². The van der Waals surface area contributed by atoms with E-state index in [0.717, 1.165) is 17.3 Å². The van der Waals surface area contributed by atoms with Crippen molar-refractivity contribution < 1.29 is 0 Å². The lowest BCUT2D eigenvalue weighted by molar-refractivity contribution is 0.189. The van der Waals surface area contributed by atoms with Gasteiger partial charge in [-0.25, -0.2) is 0 Å². The summed E-state index contributed by atoms with van der Waals surface area (Å²) in [5.41, 5.74) is 4.48. The largest absolute Gasteiger partial charge is 0.297 e. The van der Waals surface area contributed by atoms with Gasteiger partial charge in [0.05, 0.1) is 6.04 Å². The van der Waals surface area contributed by atoms with E-state index in [1.54, 1.807) is 0 Å². The molecule has 0 aromatic rings. The van der Waals surface area contributed by atoms with Crippen LogP contribution in [0.3, 0.4) is 0 Å². The molecule has 6 aliphatic rings. The highest BCUT2D eigenvalue weighted by atomic mass is 15.0. The van der Waals surface area contributed by atoms with Gasteiger partial charge >= 0.3 is 0 Å².